The highest BCUT2D eigenvalue weighted by molar-refractivity contribution is 5.91. The van der Waals surface area contributed by atoms with E-state index in [1.165, 1.54) is 5.57 Å². The third kappa shape index (κ3) is 1.91. The number of ether oxygens (including phenoxy) is 1. The van der Waals surface area contributed by atoms with Crippen molar-refractivity contribution in [2.24, 2.45) is 46.8 Å². The normalized spacial score (nSPS) is 53.2. The molecule has 6 aliphatic rings. The van der Waals surface area contributed by atoms with Crippen molar-refractivity contribution in [2.45, 2.75) is 57.5 Å². The topological polar surface area (TPSA) is 63.6 Å². The largest absolute Gasteiger partial charge is 0.451 e. The van der Waals surface area contributed by atoms with E-state index in [0.29, 0.717) is 41.9 Å². The minimum atomic E-state index is -0.391. The lowest BCUT2D eigenvalue weighted by Crippen LogP contribution is -2.58. The summed E-state index contributed by atoms with van der Waals surface area (Å²) in [6, 6.07) is 0. The van der Waals surface area contributed by atoms with E-state index in [4.69, 9.17) is 4.74 Å². The van der Waals surface area contributed by atoms with Crippen LogP contribution in [0.2, 0.25) is 0 Å². The molecule has 4 saturated carbocycles. The van der Waals surface area contributed by atoms with Gasteiger partial charge in [0.1, 0.15) is 5.60 Å². The van der Waals surface area contributed by atoms with E-state index in [2.05, 4.69) is 13.0 Å². The predicted octanol–water partition coefficient (Wildman–Crippen LogP) is 3.44. The fraction of sp³-hybridized carbons (Fsp3) is 0.750. The van der Waals surface area contributed by atoms with Crippen molar-refractivity contribution in [3.05, 3.63) is 23.8 Å². The van der Waals surface area contributed by atoms with Crippen molar-refractivity contribution in [3.8, 4) is 0 Å². The van der Waals surface area contributed by atoms with Gasteiger partial charge in [0.05, 0.1) is 0 Å². The van der Waals surface area contributed by atoms with E-state index >= 15 is 0 Å². The van der Waals surface area contributed by atoms with Crippen LogP contribution in [-0.4, -0.2) is 29.1 Å². The molecular weight excluding hydrogens is 352 g/mol. The third-order valence-electron chi connectivity index (χ3n) is 9.79. The summed E-state index contributed by atoms with van der Waals surface area (Å²) in [7, 11) is 0. The van der Waals surface area contributed by atoms with Crippen molar-refractivity contribution in [3.63, 3.8) is 0 Å². The van der Waals surface area contributed by atoms with Crippen molar-refractivity contribution in [1.29, 1.82) is 0 Å². The number of carbonyl (C=O) groups is 2. The first-order chi connectivity index (χ1) is 13.5. The second-order valence-electron chi connectivity index (χ2n) is 10.3. The summed E-state index contributed by atoms with van der Waals surface area (Å²) in [6.45, 7) is 2.48. The smallest absolute Gasteiger partial charge is 0.331 e. The first-order valence-corrected chi connectivity index (χ1v) is 11.3. The molecule has 0 aromatic carbocycles. The summed E-state index contributed by atoms with van der Waals surface area (Å²) in [6.07, 6.45) is 12.7. The average molecular weight is 383 g/mol. The Bertz CT molecular complexity index is 811. The first-order valence-electron chi connectivity index (χ1n) is 11.3. The molecule has 1 spiro atoms. The molecule has 5 aliphatic carbocycles. The Morgan fingerprint density at radius 1 is 1.25 bits per heavy atom. The van der Waals surface area contributed by atoms with Crippen LogP contribution in [0, 0.1) is 46.8 Å². The second kappa shape index (κ2) is 5.59. The van der Waals surface area contributed by atoms with Gasteiger partial charge in [-0.05, 0) is 86.2 Å². The maximum atomic E-state index is 12.1. The van der Waals surface area contributed by atoms with E-state index in [9.17, 15) is 14.7 Å². The maximum absolute atomic E-state index is 12.1. The molecule has 1 N–H and O–H groups in total. The quantitative estimate of drug-likeness (QED) is 0.743. The molecule has 3 unspecified atom stereocenters. The van der Waals surface area contributed by atoms with Gasteiger partial charge >= 0.3 is 5.97 Å². The summed E-state index contributed by atoms with van der Waals surface area (Å²) >= 11 is 0. The average Bonchev–Trinajstić information content (AvgIpc) is 3.34. The number of hydrogen-bond acceptors (Lipinski definition) is 4. The third-order valence-corrected chi connectivity index (χ3v) is 9.79. The minimum absolute atomic E-state index is 0.0313. The molecule has 0 aromatic rings. The maximum Gasteiger partial charge on any atom is 0.331 e. The molecule has 4 heteroatoms. The van der Waals surface area contributed by atoms with Gasteiger partial charge in [-0.3, -0.25) is 4.79 Å². The molecule has 4 fully saturated rings. The number of aliphatic hydroxyl groups is 1. The van der Waals surface area contributed by atoms with Crippen molar-refractivity contribution >= 4 is 11.8 Å². The lowest BCUT2D eigenvalue weighted by molar-refractivity contribution is -0.176. The van der Waals surface area contributed by atoms with Crippen LogP contribution in [0.5, 0.6) is 0 Å². The van der Waals surface area contributed by atoms with Gasteiger partial charge in [0.25, 0.3) is 0 Å². The monoisotopic (exact) mass is 382 g/mol. The van der Waals surface area contributed by atoms with Crippen LogP contribution < -0.4 is 0 Å². The number of rotatable bonds is 2. The molecule has 4 nitrogen and oxygen atoms in total. The standard InChI is InChI=1S/C24H30O4/c1-2-23-7-5-17-16-4-3-15(26)10-13(16)9-14(12-25)21(17)22(23)18-11-19(18)24(23)8-6-20(27)28-24/h6,8,10,14,16-19,21-22,25H,2-5,7,9,11-12H2,1H3/t14-,16-,17?,18+,19-,21?,22?,23-,24-/m0/s1. The van der Waals surface area contributed by atoms with Crippen LogP contribution in [0.4, 0.5) is 0 Å². The summed E-state index contributed by atoms with van der Waals surface area (Å²) in [5, 5.41) is 10.4. The highest BCUT2D eigenvalue weighted by Crippen LogP contribution is 2.79. The summed E-state index contributed by atoms with van der Waals surface area (Å²) < 4.78 is 6.13. The number of allylic oxidation sites excluding steroid dienone is 1. The lowest BCUT2D eigenvalue weighted by atomic mass is 9.46. The van der Waals surface area contributed by atoms with E-state index < -0.39 is 5.60 Å². The molecule has 0 amide bonds. The fourth-order valence-electron chi connectivity index (χ4n) is 8.93. The molecule has 1 aliphatic heterocycles. The molecular formula is C24H30O4. The van der Waals surface area contributed by atoms with Crippen LogP contribution in [0.15, 0.2) is 23.8 Å². The van der Waals surface area contributed by atoms with E-state index in [1.807, 2.05) is 6.08 Å². The molecule has 28 heavy (non-hydrogen) atoms. The Kier molecular flexibility index (Phi) is 3.48. The Hall–Kier alpha value is -1.42. The highest BCUT2D eigenvalue weighted by Gasteiger charge is 2.79. The number of hydrogen-bond donors (Lipinski definition) is 1. The van der Waals surface area contributed by atoms with E-state index in [-0.39, 0.29) is 29.7 Å². The van der Waals surface area contributed by atoms with Crippen molar-refractivity contribution in [2.75, 3.05) is 6.61 Å². The van der Waals surface area contributed by atoms with Crippen molar-refractivity contribution < 1.29 is 19.4 Å². The fourth-order valence-corrected chi connectivity index (χ4v) is 8.93. The van der Waals surface area contributed by atoms with Gasteiger partial charge in [-0.2, -0.15) is 0 Å². The van der Waals surface area contributed by atoms with Gasteiger partial charge in [-0.25, -0.2) is 4.79 Å². The van der Waals surface area contributed by atoms with Gasteiger partial charge in [0, 0.05) is 30.4 Å². The number of ketones is 1. The van der Waals surface area contributed by atoms with Crippen LogP contribution in [0.1, 0.15) is 51.9 Å². The van der Waals surface area contributed by atoms with Gasteiger partial charge in [-0.1, -0.05) is 12.5 Å². The van der Waals surface area contributed by atoms with Gasteiger partial charge < -0.3 is 9.84 Å². The van der Waals surface area contributed by atoms with Gasteiger partial charge in [0.15, 0.2) is 5.78 Å². The zero-order valence-electron chi connectivity index (χ0n) is 16.6. The summed E-state index contributed by atoms with van der Waals surface area (Å²) in [4.78, 5) is 24.2. The van der Waals surface area contributed by atoms with E-state index in [1.54, 1.807) is 6.08 Å². The number of fused-ring (bicyclic) bond motifs is 9. The number of esters is 1. The second-order valence-corrected chi connectivity index (χ2v) is 10.3. The zero-order valence-corrected chi connectivity index (χ0v) is 16.6. The number of aliphatic hydroxyl groups excluding tert-OH is 1. The van der Waals surface area contributed by atoms with Crippen molar-refractivity contribution in [1.82, 2.24) is 0 Å². The zero-order chi connectivity index (χ0) is 19.3. The molecule has 150 valence electrons. The summed E-state index contributed by atoms with van der Waals surface area (Å²) in [5.41, 5.74) is 0.953. The molecule has 0 radical (unpaired) electrons. The molecule has 1 heterocycles. The predicted molar refractivity (Wildman–Crippen MR) is 103 cm³/mol. The SMILES string of the molecule is CC[C@]12CCC3C(C1[C@@H]1C[C@@H]1[C@@]21C=CC(=O)O1)[C@H](CO)CC1=CC(=O)CC[C@@H]13. The Labute approximate surface area is 166 Å². The van der Waals surface area contributed by atoms with Gasteiger partial charge in [0.2, 0.25) is 0 Å². The van der Waals surface area contributed by atoms with E-state index in [0.717, 1.165) is 38.5 Å². The molecule has 0 bridgehead atoms. The van der Waals surface area contributed by atoms with Gasteiger partial charge in [-0.15, -0.1) is 0 Å². The highest BCUT2D eigenvalue weighted by atomic mass is 16.6. The minimum Gasteiger partial charge on any atom is -0.451 e. The van der Waals surface area contributed by atoms with Crippen LogP contribution in [0.25, 0.3) is 0 Å². The lowest BCUT2D eigenvalue weighted by Gasteiger charge is -2.59. The molecule has 0 saturated heterocycles. The van der Waals surface area contributed by atoms with Crippen LogP contribution in [-0.2, 0) is 14.3 Å². The Morgan fingerprint density at radius 3 is 2.82 bits per heavy atom. The summed E-state index contributed by atoms with van der Waals surface area (Å²) in [5.74, 6) is 3.58. The molecule has 6 rings (SSSR count). The molecule has 0 aromatic heterocycles. The Balaban J connectivity index is 1.44. The van der Waals surface area contributed by atoms with Crippen LogP contribution >= 0.6 is 0 Å². The van der Waals surface area contributed by atoms with Crippen LogP contribution in [0.3, 0.4) is 0 Å². The first kappa shape index (κ1) is 17.4. The molecule has 9 atom stereocenters. The Morgan fingerprint density at radius 2 is 2.11 bits per heavy atom. The number of carbonyl (C=O) groups excluding carboxylic acids is 2.